The number of piperidine rings is 1. The molecule has 1 aliphatic heterocycles. The van der Waals surface area contributed by atoms with Gasteiger partial charge in [0.05, 0.1) is 11.7 Å². The van der Waals surface area contributed by atoms with Crippen LogP contribution >= 0.6 is 0 Å². The first-order valence-electron chi connectivity index (χ1n) is 9.71. The molecule has 2 atom stereocenters. The lowest BCUT2D eigenvalue weighted by molar-refractivity contribution is 0.00992. The Morgan fingerprint density at radius 3 is 2.69 bits per heavy atom. The summed E-state index contributed by atoms with van der Waals surface area (Å²) in [6, 6.07) is 4.39. The van der Waals surface area contributed by atoms with Gasteiger partial charge in [-0.05, 0) is 37.8 Å². The molecule has 2 fully saturated rings. The number of nitrogens with one attached hydrogen (secondary N) is 2. The summed E-state index contributed by atoms with van der Waals surface area (Å²) in [6.45, 7) is 6.07. The first-order chi connectivity index (χ1) is 12.7. The van der Waals surface area contributed by atoms with Crippen LogP contribution in [0.4, 0.5) is 5.82 Å². The average Bonchev–Trinajstić information content (AvgIpc) is 2.68. The van der Waals surface area contributed by atoms with Gasteiger partial charge in [0.25, 0.3) is 5.91 Å². The van der Waals surface area contributed by atoms with Gasteiger partial charge in [-0.1, -0.05) is 18.9 Å². The van der Waals surface area contributed by atoms with Crippen molar-refractivity contribution in [1.82, 2.24) is 15.2 Å². The summed E-state index contributed by atoms with van der Waals surface area (Å²) in [5.41, 5.74) is 0.554. The number of nitrogens with zero attached hydrogens (tertiary/aromatic N) is 2. The van der Waals surface area contributed by atoms with Gasteiger partial charge in [0.1, 0.15) is 5.82 Å². The van der Waals surface area contributed by atoms with Crippen molar-refractivity contribution in [3.8, 4) is 0 Å². The van der Waals surface area contributed by atoms with Crippen LogP contribution in [0.15, 0.2) is 31.0 Å². The van der Waals surface area contributed by atoms with Crippen molar-refractivity contribution >= 4 is 11.7 Å². The number of rotatable bonds is 6. The molecule has 1 aliphatic carbocycles. The highest BCUT2D eigenvalue weighted by Crippen LogP contribution is 2.26. The van der Waals surface area contributed by atoms with Crippen molar-refractivity contribution in [3.05, 3.63) is 36.5 Å². The zero-order valence-corrected chi connectivity index (χ0v) is 15.4. The van der Waals surface area contributed by atoms with Crippen LogP contribution in [-0.2, 0) is 0 Å². The molecule has 2 unspecified atom stereocenters. The van der Waals surface area contributed by atoms with E-state index in [1.54, 1.807) is 18.3 Å². The molecule has 0 radical (unpaired) electrons. The number of aromatic nitrogens is 1. The van der Waals surface area contributed by atoms with Gasteiger partial charge < -0.3 is 15.7 Å². The van der Waals surface area contributed by atoms with Crippen molar-refractivity contribution in [2.24, 2.45) is 0 Å². The van der Waals surface area contributed by atoms with E-state index >= 15 is 0 Å². The molecule has 142 valence electrons. The van der Waals surface area contributed by atoms with Crippen LogP contribution in [0.3, 0.4) is 0 Å². The molecule has 0 bridgehead atoms. The molecule has 3 N–H and O–H groups in total. The Balaban J connectivity index is 1.47. The number of carbonyl (C=O) groups is 1. The van der Waals surface area contributed by atoms with E-state index in [1.807, 2.05) is 6.07 Å². The number of hydrogen-bond donors (Lipinski definition) is 3. The fraction of sp³-hybridized carbons (Fsp3) is 0.600. The minimum absolute atomic E-state index is 0.136. The highest BCUT2D eigenvalue weighted by atomic mass is 16.3. The van der Waals surface area contributed by atoms with E-state index in [0.29, 0.717) is 24.2 Å². The molecule has 1 aromatic heterocycles. The second-order valence-electron chi connectivity index (χ2n) is 7.30. The number of likely N-dealkylation sites (tertiary alicyclic amines) is 1. The van der Waals surface area contributed by atoms with Gasteiger partial charge in [0.15, 0.2) is 0 Å². The summed E-state index contributed by atoms with van der Waals surface area (Å²) in [6.07, 6.45) is 9.65. The Hall–Kier alpha value is -1.92. The predicted molar refractivity (Wildman–Crippen MR) is 103 cm³/mol. The Kier molecular flexibility index (Phi) is 6.63. The minimum Gasteiger partial charge on any atom is -0.391 e. The molecule has 6 heteroatoms. The van der Waals surface area contributed by atoms with Crippen LogP contribution in [0.1, 0.15) is 48.9 Å². The first kappa shape index (κ1) is 18.9. The first-order valence-corrected chi connectivity index (χ1v) is 9.71. The maximum atomic E-state index is 11.9. The summed E-state index contributed by atoms with van der Waals surface area (Å²) in [5.74, 6) is 0.671. The van der Waals surface area contributed by atoms with Gasteiger partial charge >= 0.3 is 0 Å². The normalized spacial score (nSPS) is 24.8. The second kappa shape index (κ2) is 9.14. The van der Waals surface area contributed by atoms with Crippen LogP contribution in [0, 0.1) is 0 Å². The SMILES string of the molecule is C=CCNC(=O)c1ccc(NC2CCN(C3CCCCC3O)CC2)nc1. The standard InChI is InChI=1S/C20H30N4O2/c1-2-11-21-20(26)15-7-8-19(22-14-15)23-16-9-12-24(13-10-16)17-5-3-4-6-18(17)25/h2,7-8,14,16-18,25H,1,3-6,9-13H2,(H,21,26)(H,22,23). The Morgan fingerprint density at radius 2 is 2.04 bits per heavy atom. The van der Waals surface area contributed by atoms with Crippen molar-refractivity contribution in [3.63, 3.8) is 0 Å². The summed E-state index contributed by atoms with van der Waals surface area (Å²) in [4.78, 5) is 18.7. The number of hydrogen-bond acceptors (Lipinski definition) is 5. The highest BCUT2D eigenvalue weighted by Gasteiger charge is 2.31. The molecule has 0 spiro atoms. The molecule has 1 aromatic rings. The molecule has 1 saturated carbocycles. The van der Waals surface area contributed by atoms with Crippen molar-refractivity contribution in [2.45, 2.75) is 56.7 Å². The van der Waals surface area contributed by atoms with Gasteiger partial charge in [-0.2, -0.15) is 0 Å². The monoisotopic (exact) mass is 358 g/mol. The van der Waals surface area contributed by atoms with E-state index in [4.69, 9.17) is 0 Å². The lowest BCUT2D eigenvalue weighted by Crippen LogP contribution is -2.50. The fourth-order valence-corrected chi connectivity index (χ4v) is 3.98. The van der Waals surface area contributed by atoms with Crippen LogP contribution in [0.2, 0.25) is 0 Å². The fourth-order valence-electron chi connectivity index (χ4n) is 3.98. The van der Waals surface area contributed by atoms with E-state index in [2.05, 4.69) is 27.1 Å². The molecule has 2 heterocycles. The number of pyridine rings is 1. The molecule has 3 rings (SSSR count). The number of carbonyl (C=O) groups excluding carboxylic acids is 1. The molecule has 1 amide bonds. The van der Waals surface area contributed by atoms with Gasteiger partial charge in [0.2, 0.25) is 0 Å². The minimum atomic E-state index is -0.158. The third kappa shape index (κ3) is 4.83. The van der Waals surface area contributed by atoms with E-state index in [-0.39, 0.29) is 12.0 Å². The number of anilines is 1. The number of amides is 1. The topological polar surface area (TPSA) is 77.5 Å². The molecule has 0 aromatic carbocycles. The van der Waals surface area contributed by atoms with Crippen LogP contribution in [0.5, 0.6) is 0 Å². The van der Waals surface area contributed by atoms with Crippen LogP contribution < -0.4 is 10.6 Å². The summed E-state index contributed by atoms with van der Waals surface area (Å²) in [7, 11) is 0. The second-order valence-corrected chi connectivity index (χ2v) is 7.30. The highest BCUT2D eigenvalue weighted by molar-refractivity contribution is 5.94. The summed E-state index contributed by atoms with van der Waals surface area (Å²) >= 11 is 0. The Bertz CT molecular complexity index is 596. The smallest absolute Gasteiger partial charge is 0.253 e. The predicted octanol–water partition coefficient (Wildman–Crippen LogP) is 2.18. The molecule has 2 aliphatic rings. The van der Waals surface area contributed by atoms with Gasteiger partial charge in [-0.25, -0.2) is 4.98 Å². The Morgan fingerprint density at radius 1 is 1.27 bits per heavy atom. The van der Waals surface area contributed by atoms with E-state index in [1.165, 1.54) is 6.42 Å². The molecule has 1 saturated heterocycles. The zero-order valence-electron chi connectivity index (χ0n) is 15.4. The number of aliphatic hydroxyl groups excluding tert-OH is 1. The third-order valence-corrected chi connectivity index (χ3v) is 5.48. The van der Waals surface area contributed by atoms with Gasteiger partial charge in [0, 0.05) is 37.9 Å². The Labute approximate surface area is 155 Å². The maximum Gasteiger partial charge on any atom is 0.253 e. The van der Waals surface area contributed by atoms with Gasteiger partial charge in [-0.15, -0.1) is 6.58 Å². The van der Waals surface area contributed by atoms with Crippen molar-refractivity contribution in [1.29, 1.82) is 0 Å². The molecule has 6 nitrogen and oxygen atoms in total. The zero-order chi connectivity index (χ0) is 18.4. The van der Waals surface area contributed by atoms with Crippen molar-refractivity contribution < 1.29 is 9.90 Å². The molecule has 26 heavy (non-hydrogen) atoms. The average molecular weight is 358 g/mol. The van der Waals surface area contributed by atoms with E-state index in [0.717, 1.165) is 51.0 Å². The largest absolute Gasteiger partial charge is 0.391 e. The summed E-state index contributed by atoms with van der Waals surface area (Å²) < 4.78 is 0. The maximum absolute atomic E-state index is 11.9. The third-order valence-electron chi connectivity index (χ3n) is 5.48. The van der Waals surface area contributed by atoms with E-state index in [9.17, 15) is 9.90 Å². The lowest BCUT2D eigenvalue weighted by Gasteiger charge is -2.41. The van der Waals surface area contributed by atoms with E-state index < -0.39 is 0 Å². The van der Waals surface area contributed by atoms with Crippen LogP contribution in [-0.4, -0.2) is 58.7 Å². The lowest BCUT2D eigenvalue weighted by atomic mass is 9.89. The van der Waals surface area contributed by atoms with Crippen molar-refractivity contribution in [2.75, 3.05) is 25.0 Å². The number of aliphatic hydroxyl groups is 1. The molecular formula is C20H30N4O2. The quantitative estimate of drug-likeness (QED) is 0.680. The van der Waals surface area contributed by atoms with Gasteiger partial charge in [-0.3, -0.25) is 9.69 Å². The van der Waals surface area contributed by atoms with Crippen LogP contribution in [0.25, 0.3) is 0 Å². The summed E-state index contributed by atoms with van der Waals surface area (Å²) in [5, 5.41) is 16.5. The molecular weight excluding hydrogens is 328 g/mol.